The Bertz CT molecular complexity index is 1350. The van der Waals surface area contributed by atoms with Gasteiger partial charge in [-0.25, -0.2) is 13.8 Å². The molecule has 0 unspecified atom stereocenters. The topological polar surface area (TPSA) is 72.5 Å². The first-order valence-corrected chi connectivity index (χ1v) is 9.96. The molecule has 31 heavy (non-hydrogen) atoms. The molecule has 0 spiro atoms. The number of alkyl halides is 2. The number of nitrogens with zero attached hydrogens (tertiary/aromatic N) is 5. The lowest BCUT2D eigenvalue weighted by Crippen LogP contribution is -2.39. The molecule has 5 rings (SSSR count). The number of rotatable bonds is 4. The van der Waals surface area contributed by atoms with Crippen LogP contribution in [0.25, 0.3) is 16.4 Å². The van der Waals surface area contributed by atoms with Gasteiger partial charge in [0.1, 0.15) is 5.65 Å². The average molecular weight is 423 g/mol. The van der Waals surface area contributed by atoms with Crippen LogP contribution in [0.4, 0.5) is 14.5 Å². The van der Waals surface area contributed by atoms with Crippen LogP contribution >= 0.6 is 0 Å². The maximum absolute atomic E-state index is 13.5. The summed E-state index contributed by atoms with van der Waals surface area (Å²) in [6.07, 6.45) is 8.63. The van der Waals surface area contributed by atoms with E-state index in [0.717, 1.165) is 6.29 Å². The zero-order valence-corrected chi connectivity index (χ0v) is 16.5. The lowest BCUT2D eigenvalue weighted by molar-refractivity contribution is -0.0220. The Morgan fingerprint density at radius 2 is 1.87 bits per heavy atom. The van der Waals surface area contributed by atoms with Crippen LogP contribution < -0.4 is 10.5 Å². The Morgan fingerprint density at radius 1 is 1.06 bits per heavy atom. The van der Waals surface area contributed by atoms with Crippen LogP contribution in [0.1, 0.15) is 28.9 Å². The molecular weight excluding hydrogens is 404 g/mol. The molecule has 0 saturated carbocycles. The molecule has 1 fully saturated rings. The Balaban J connectivity index is 1.48. The maximum atomic E-state index is 13.5. The quantitative estimate of drug-likeness (QED) is 0.472. The molecule has 7 nitrogen and oxygen atoms in total. The minimum atomic E-state index is -2.64. The van der Waals surface area contributed by atoms with Crippen molar-refractivity contribution in [3.05, 3.63) is 70.8 Å². The molecule has 0 atom stereocenters. The first-order valence-electron chi connectivity index (χ1n) is 9.96. The average Bonchev–Trinajstić information content (AvgIpc) is 3.17. The molecule has 0 N–H and O–H groups in total. The predicted molar refractivity (Wildman–Crippen MR) is 112 cm³/mol. The molecule has 1 aliphatic rings. The van der Waals surface area contributed by atoms with Crippen LogP contribution in [-0.4, -0.2) is 44.2 Å². The van der Waals surface area contributed by atoms with E-state index in [-0.39, 0.29) is 38.0 Å². The van der Waals surface area contributed by atoms with Crippen LogP contribution in [0.2, 0.25) is 0 Å². The van der Waals surface area contributed by atoms with Gasteiger partial charge in [-0.3, -0.25) is 14.6 Å². The van der Waals surface area contributed by atoms with Gasteiger partial charge in [0.25, 0.3) is 11.5 Å². The fraction of sp³-hybridized carbons (Fsp3) is 0.273. The van der Waals surface area contributed by atoms with Gasteiger partial charge in [0.2, 0.25) is 0 Å². The Labute approximate surface area is 175 Å². The van der Waals surface area contributed by atoms with E-state index < -0.39 is 5.92 Å². The van der Waals surface area contributed by atoms with Gasteiger partial charge < -0.3 is 13.9 Å². The zero-order valence-electron chi connectivity index (χ0n) is 16.5. The van der Waals surface area contributed by atoms with Crippen LogP contribution in [0, 0.1) is 0 Å². The molecule has 1 saturated heterocycles. The van der Waals surface area contributed by atoms with Crippen molar-refractivity contribution in [2.24, 2.45) is 0 Å². The first-order chi connectivity index (χ1) is 14.9. The summed E-state index contributed by atoms with van der Waals surface area (Å²) in [5, 5.41) is 1.14. The van der Waals surface area contributed by atoms with Crippen molar-refractivity contribution >= 4 is 28.4 Å². The van der Waals surface area contributed by atoms with E-state index in [1.54, 1.807) is 45.9 Å². The summed E-state index contributed by atoms with van der Waals surface area (Å²) in [5.74, 6) is -2.64. The lowest BCUT2D eigenvalue weighted by Gasteiger charge is -2.33. The molecule has 158 valence electrons. The van der Waals surface area contributed by atoms with Crippen LogP contribution in [0.5, 0.6) is 0 Å². The van der Waals surface area contributed by atoms with Gasteiger partial charge in [-0.05, 0) is 18.2 Å². The Hall–Kier alpha value is -3.62. The van der Waals surface area contributed by atoms with Crippen molar-refractivity contribution in [2.45, 2.75) is 25.3 Å². The van der Waals surface area contributed by atoms with Crippen molar-refractivity contribution in [1.29, 1.82) is 0 Å². The van der Waals surface area contributed by atoms with Crippen molar-refractivity contribution < 1.29 is 13.6 Å². The van der Waals surface area contributed by atoms with Gasteiger partial charge in [-0.2, -0.15) is 0 Å². The standard InChI is InChI=1S/C22H19F2N5O2/c23-22(24)4-7-27(8-5-22)19-10-25-9-18-17(19)3-6-28(21(18)31)12-16-13-29-11-15(14-30)1-2-20(29)26-16/h1-3,6,9-11,13-14H,4-5,7-8,12H2. The van der Waals surface area contributed by atoms with Crippen LogP contribution in [0.15, 0.2) is 54.0 Å². The number of aromatic nitrogens is 4. The zero-order chi connectivity index (χ0) is 21.6. The summed E-state index contributed by atoms with van der Waals surface area (Å²) >= 11 is 0. The van der Waals surface area contributed by atoms with Gasteiger partial charge >= 0.3 is 0 Å². The molecule has 9 heteroatoms. The Morgan fingerprint density at radius 3 is 2.65 bits per heavy atom. The van der Waals surface area contributed by atoms with E-state index in [1.807, 2.05) is 11.0 Å². The monoisotopic (exact) mass is 423 g/mol. The highest BCUT2D eigenvalue weighted by Crippen LogP contribution is 2.32. The number of carbonyl (C=O) groups excluding carboxylic acids is 1. The minimum absolute atomic E-state index is 0.208. The lowest BCUT2D eigenvalue weighted by atomic mass is 10.1. The number of piperidine rings is 1. The number of carbonyl (C=O) groups is 1. The number of halogens is 2. The Kier molecular flexibility index (Phi) is 4.53. The van der Waals surface area contributed by atoms with E-state index in [1.165, 1.54) is 6.20 Å². The van der Waals surface area contributed by atoms with E-state index >= 15 is 0 Å². The highest BCUT2D eigenvalue weighted by Gasteiger charge is 2.34. The first kappa shape index (κ1) is 19.3. The highest BCUT2D eigenvalue weighted by molar-refractivity contribution is 5.92. The summed E-state index contributed by atoms with van der Waals surface area (Å²) < 4.78 is 30.3. The smallest absolute Gasteiger partial charge is 0.260 e. The molecule has 4 aromatic heterocycles. The summed E-state index contributed by atoms with van der Waals surface area (Å²) in [5.41, 5.74) is 2.37. The number of fused-ring (bicyclic) bond motifs is 2. The van der Waals surface area contributed by atoms with Crippen molar-refractivity contribution in [3.63, 3.8) is 0 Å². The normalized spacial score (nSPS) is 16.1. The second-order valence-electron chi connectivity index (χ2n) is 7.79. The third kappa shape index (κ3) is 3.56. The predicted octanol–water partition coefficient (Wildman–Crippen LogP) is 3.14. The van der Waals surface area contributed by atoms with Gasteiger partial charge in [0.05, 0.1) is 29.5 Å². The van der Waals surface area contributed by atoms with E-state index in [0.29, 0.717) is 33.4 Å². The number of aldehydes is 1. The van der Waals surface area contributed by atoms with Crippen LogP contribution in [0.3, 0.4) is 0 Å². The molecular formula is C22H19F2N5O2. The van der Waals surface area contributed by atoms with Gasteiger partial charge in [0.15, 0.2) is 6.29 Å². The van der Waals surface area contributed by atoms with Gasteiger partial charge in [-0.1, -0.05) is 0 Å². The van der Waals surface area contributed by atoms with E-state index in [2.05, 4.69) is 9.97 Å². The fourth-order valence-electron chi connectivity index (χ4n) is 4.03. The number of hydrogen-bond acceptors (Lipinski definition) is 5. The summed E-state index contributed by atoms with van der Waals surface area (Å²) in [6.45, 7) is 0.703. The molecule has 5 heterocycles. The van der Waals surface area contributed by atoms with E-state index in [9.17, 15) is 18.4 Å². The van der Waals surface area contributed by atoms with Crippen LogP contribution in [-0.2, 0) is 6.54 Å². The van der Waals surface area contributed by atoms with Crippen molar-refractivity contribution in [2.75, 3.05) is 18.0 Å². The second kappa shape index (κ2) is 7.26. The third-order valence-electron chi connectivity index (χ3n) is 5.71. The number of pyridine rings is 3. The van der Waals surface area contributed by atoms with Gasteiger partial charge in [-0.15, -0.1) is 0 Å². The number of imidazole rings is 1. The highest BCUT2D eigenvalue weighted by atomic mass is 19.3. The molecule has 0 bridgehead atoms. The molecule has 0 aromatic carbocycles. The second-order valence-corrected chi connectivity index (χ2v) is 7.79. The molecule has 0 amide bonds. The molecule has 0 radical (unpaired) electrons. The number of hydrogen-bond donors (Lipinski definition) is 0. The largest absolute Gasteiger partial charge is 0.369 e. The SMILES string of the molecule is O=Cc1ccc2nc(Cn3ccc4c(N5CCC(F)(F)CC5)cncc4c3=O)cn2c1. The minimum Gasteiger partial charge on any atom is -0.369 e. The fourth-order valence-corrected chi connectivity index (χ4v) is 4.03. The molecule has 0 aliphatic carbocycles. The maximum Gasteiger partial charge on any atom is 0.260 e. The third-order valence-corrected chi connectivity index (χ3v) is 5.71. The summed E-state index contributed by atoms with van der Waals surface area (Å²) in [4.78, 5) is 34.6. The molecule has 1 aliphatic heterocycles. The van der Waals surface area contributed by atoms with Gasteiger partial charge in [0, 0.05) is 61.7 Å². The summed E-state index contributed by atoms with van der Waals surface area (Å²) in [7, 11) is 0. The number of anilines is 1. The van der Waals surface area contributed by atoms with Crippen molar-refractivity contribution in [1.82, 2.24) is 18.9 Å². The molecule has 4 aromatic rings. The van der Waals surface area contributed by atoms with Crippen molar-refractivity contribution in [3.8, 4) is 0 Å². The summed E-state index contributed by atoms with van der Waals surface area (Å²) in [6, 6.07) is 5.25. The van der Waals surface area contributed by atoms with E-state index in [4.69, 9.17) is 0 Å².